The zero-order valence-corrected chi connectivity index (χ0v) is 17.6. The molecule has 0 aromatic rings. The van der Waals surface area contributed by atoms with Gasteiger partial charge in [-0.1, -0.05) is 20.8 Å². The molecule has 1 rings (SSSR count). The maximum Gasteiger partial charge on any atom is 0.191 e. The number of likely N-dealkylation sites (tertiary alicyclic amines) is 1. The number of halogens is 1. The van der Waals surface area contributed by atoms with E-state index < -0.39 is 0 Å². The number of rotatable bonds is 7. The van der Waals surface area contributed by atoms with Crippen LogP contribution in [0.2, 0.25) is 0 Å². The van der Waals surface area contributed by atoms with Crippen molar-refractivity contribution >= 4 is 29.9 Å². The lowest BCUT2D eigenvalue weighted by Crippen LogP contribution is -2.43. The van der Waals surface area contributed by atoms with E-state index in [1.807, 2.05) is 7.05 Å². The Morgan fingerprint density at radius 2 is 1.86 bits per heavy atom. The van der Waals surface area contributed by atoms with E-state index in [1.54, 1.807) is 0 Å². The third kappa shape index (κ3) is 10.6. The van der Waals surface area contributed by atoms with Crippen LogP contribution in [0.4, 0.5) is 0 Å². The predicted octanol–water partition coefficient (Wildman–Crippen LogP) is 3.47. The minimum Gasteiger partial charge on any atom is -0.356 e. The molecular formula is C17H37IN4. The largest absolute Gasteiger partial charge is 0.356 e. The first-order chi connectivity index (χ1) is 9.90. The van der Waals surface area contributed by atoms with Crippen molar-refractivity contribution in [1.82, 2.24) is 15.5 Å². The first-order valence-electron chi connectivity index (χ1n) is 8.60. The topological polar surface area (TPSA) is 39.7 Å². The highest BCUT2D eigenvalue weighted by molar-refractivity contribution is 14.0. The van der Waals surface area contributed by atoms with Gasteiger partial charge in [0.1, 0.15) is 0 Å². The zero-order chi connectivity index (χ0) is 15.7. The van der Waals surface area contributed by atoms with Gasteiger partial charge in [-0.25, -0.2) is 0 Å². The Morgan fingerprint density at radius 1 is 1.23 bits per heavy atom. The lowest BCUT2D eigenvalue weighted by molar-refractivity contribution is 0.333. The molecule has 0 radical (unpaired) electrons. The minimum absolute atomic E-state index is 0. The summed E-state index contributed by atoms with van der Waals surface area (Å²) in [6.45, 7) is 13.9. The molecule has 0 aromatic carbocycles. The quantitative estimate of drug-likeness (QED) is 0.285. The SMILES string of the molecule is CN=C(NCCCN1CCCC1)NC(C)CCC(C)(C)C.I. The van der Waals surface area contributed by atoms with E-state index in [0.29, 0.717) is 11.5 Å². The van der Waals surface area contributed by atoms with Crippen molar-refractivity contribution in [3.63, 3.8) is 0 Å². The van der Waals surface area contributed by atoms with E-state index in [0.717, 1.165) is 12.5 Å². The molecule has 1 aliphatic heterocycles. The maximum atomic E-state index is 4.32. The molecule has 1 heterocycles. The molecule has 5 heteroatoms. The van der Waals surface area contributed by atoms with Gasteiger partial charge in [0.2, 0.25) is 0 Å². The van der Waals surface area contributed by atoms with Crippen LogP contribution in [0.3, 0.4) is 0 Å². The van der Waals surface area contributed by atoms with Gasteiger partial charge in [-0.05, 0) is 64.1 Å². The van der Waals surface area contributed by atoms with Crippen LogP contribution in [0.25, 0.3) is 0 Å². The summed E-state index contributed by atoms with van der Waals surface area (Å²) in [6, 6.07) is 0.467. The first kappa shape index (κ1) is 22.0. The van der Waals surface area contributed by atoms with Crippen molar-refractivity contribution in [2.75, 3.05) is 33.2 Å². The highest BCUT2D eigenvalue weighted by Gasteiger charge is 2.13. The summed E-state index contributed by atoms with van der Waals surface area (Å²) in [4.78, 5) is 6.88. The highest BCUT2D eigenvalue weighted by atomic mass is 127. The summed E-state index contributed by atoms with van der Waals surface area (Å²) < 4.78 is 0. The Morgan fingerprint density at radius 3 is 2.41 bits per heavy atom. The third-order valence-electron chi connectivity index (χ3n) is 4.08. The van der Waals surface area contributed by atoms with Gasteiger partial charge in [-0.3, -0.25) is 4.99 Å². The van der Waals surface area contributed by atoms with Crippen molar-refractivity contribution < 1.29 is 0 Å². The Kier molecular flexibility index (Phi) is 11.5. The molecule has 0 amide bonds. The molecule has 1 fully saturated rings. The Balaban J connectivity index is 0.00000441. The van der Waals surface area contributed by atoms with Gasteiger partial charge in [0.05, 0.1) is 0 Å². The zero-order valence-electron chi connectivity index (χ0n) is 15.2. The number of guanidine groups is 1. The van der Waals surface area contributed by atoms with Crippen LogP contribution in [-0.2, 0) is 0 Å². The highest BCUT2D eigenvalue weighted by Crippen LogP contribution is 2.21. The molecule has 22 heavy (non-hydrogen) atoms. The minimum atomic E-state index is 0. The van der Waals surface area contributed by atoms with Crippen LogP contribution in [0.1, 0.15) is 59.8 Å². The number of aliphatic imine (C=N–C) groups is 1. The number of hydrogen-bond acceptors (Lipinski definition) is 2. The molecule has 0 saturated carbocycles. The second-order valence-electron chi connectivity index (χ2n) is 7.55. The van der Waals surface area contributed by atoms with E-state index in [-0.39, 0.29) is 24.0 Å². The van der Waals surface area contributed by atoms with Gasteiger partial charge in [-0.2, -0.15) is 0 Å². The molecule has 2 N–H and O–H groups in total. The van der Waals surface area contributed by atoms with Gasteiger partial charge in [0, 0.05) is 19.6 Å². The van der Waals surface area contributed by atoms with Crippen LogP contribution in [0.5, 0.6) is 0 Å². The van der Waals surface area contributed by atoms with Gasteiger partial charge in [0.15, 0.2) is 5.96 Å². The Labute approximate surface area is 154 Å². The van der Waals surface area contributed by atoms with Gasteiger partial charge in [-0.15, -0.1) is 24.0 Å². The van der Waals surface area contributed by atoms with Gasteiger partial charge >= 0.3 is 0 Å². The monoisotopic (exact) mass is 424 g/mol. The van der Waals surface area contributed by atoms with Gasteiger partial charge in [0.25, 0.3) is 0 Å². The molecule has 1 saturated heterocycles. The van der Waals surface area contributed by atoms with E-state index >= 15 is 0 Å². The van der Waals surface area contributed by atoms with E-state index in [9.17, 15) is 0 Å². The second-order valence-corrected chi connectivity index (χ2v) is 7.55. The fourth-order valence-electron chi connectivity index (χ4n) is 2.67. The normalized spacial score (nSPS) is 18.0. The first-order valence-corrected chi connectivity index (χ1v) is 8.60. The molecule has 132 valence electrons. The lowest BCUT2D eigenvalue weighted by Gasteiger charge is -2.23. The smallest absolute Gasteiger partial charge is 0.191 e. The Hall–Kier alpha value is -0.0400. The predicted molar refractivity (Wildman–Crippen MR) is 108 cm³/mol. The van der Waals surface area contributed by atoms with Crippen LogP contribution >= 0.6 is 24.0 Å². The molecule has 0 spiro atoms. The maximum absolute atomic E-state index is 4.32. The van der Waals surface area contributed by atoms with E-state index in [2.05, 4.69) is 48.2 Å². The summed E-state index contributed by atoms with van der Waals surface area (Å²) in [7, 11) is 1.85. The molecule has 1 atom stereocenters. The summed E-state index contributed by atoms with van der Waals surface area (Å²) in [5, 5.41) is 6.93. The molecule has 1 aliphatic rings. The molecule has 0 aliphatic carbocycles. The van der Waals surface area contributed by atoms with Crippen molar-refractivity contribution in [3.05, 3.63) is 0 Å². The van der Waals surface area contributed by atoms with Crippen molar-refractivity contribution in [3.8, 4) is 0 Å². The molecule has 4 nitrogen and oxygen atoms in total. The summed E-state index contributed by atoms with van der Waals surface area (Å²) in [6.07, 6.45) is 6.35. The van der Waals surface area contributed by atoms with Crippen LogP contribution in [-0.4, -0.2) is 50.1 Å². The lowest BCUT2D eigenvalue weighted by atomic mass is 9.89. The van der Waals surface area contributed by atoms with Gasteiger partial charge < -0.3 is 15.5 Å². The average molecular weight is 424 g/mol. The van der Waals surface area contributed by atoms with Crippen LogP contribution < -0.4 is 10.6 Å². The van der Waals surface area contributed by atoms with Crippen molar-refractivity contribution in [2.24, 2.45) is 10.4 Å². The van der Waals surface area contributed by atoms with E-state index in [4.69, 9.17) is 0 Å². The summed E-state index contributed by atoms with van der Waals surface area (Å²) >= 11 is 0. The van der Waals surface area contributed by atoms with Crippen LogP contribution in [0, 0.1) is 5.41 Å². The summed E-state index contributed by atoms with van der Waals surface area (Å²) in [5.41, 5.74) is 0.405. The van der Waals surface area contributed by atoms with Crippen molar-refractivity contribution in [1.29, 1.82) is 0 Å². The van der Waals surface area contributed by atoms with E-state index in [1.165, 1.54) is 51.7 Å². The molecule has 1 unspecified atom stereocenters. The number of nitrogens with one attached hydrogen (secondary N) is 2. The third-order valence-corrected chi connectivity index (χ3v) is 4.08. The Bertz CT molecular complexity index is 306. The molecule has 0 aromatic heterocycles. The summed E-state index contributed by atoms with van der Waals surface area (Å²) in [5.74, 6) is 0.942. The molecule has 0 bridgehead atoms. The van der Waals surface area contributed by atoms with Crippen LogP contribution in [0.15, 0.2) is 4.99 Å². The standard InChI is InChI=1S/C17H36N4.HI/c1-15(9-10-17(2,3)4)20-16(18-5)19-11-8-14-21-12-6-7-13-21;/h15H,6-14H2,1-5H3,(H2,18,19,20);1H. The molecular weight excluding hydrogens is 387 g/mol. The van der Waals surface area contributed by atoms with Crippen molar-refractivity contribution in [2.45, 2.75) is 65.8 Å². The fraction of sp³-hybridized carbons (Fsp3) is 0.941. The fourth-order valence-corrected chi connectivity index (χ4v) is 2.67. The number of hydrogen-bond donors (Lipinski definition) is 2. The second kappa shape index (κ2) is 11.5. The average Bonchev–Trinajstić information content (AvgIpc) is 2.92. The number of nitrogens with zero attached hydrogens (tertiary/aromatic N) is 2.